The molecule has 1 saturated heterocycles. The fourth-order valence-corrected chi connectivity index (χ4v) is 7.42. The van der Waals surface area contributed by atoms with Crippen molar-refractivity contribution in [1.82, 2.24) is 0 Å². The van der Waals surface area contributed by atoms with Crippen LogP contribution in [-0.2, 0) is 4.43 Å². The Balaban J connectivity index is 1.93. The summed E-state index contributed by atoms with van der Waals surface area (Å²) < 4.78 is 6.57. The molecule has 0 radical (unpaired) electrons. The lowest BCUT2D eigenvalue weighted by Gasteiger charge is -2.28. The summed E-state index contributed by atoms with van der Waals surface area (Å²) in [6.45, 7) is 7.08. The van der Waals surface area contributed by atoms with Gasteiger partial charge in [-0.1, -0.05) is 90.9 Å². The van der Waals surface area contributed by atoms with Gasteiger partial charge in [-0.05, 0) is 31.5 Å². The van der Waals surface area contributed by atoms with Gasteiger partial charge >= 0.3 is 0 Å². The summed E-state index contributed by atoms with van der Waals surface area (Å²) in [5.74, 6) is 0. The van der Waals surface area contributed by atoms with E-state index in [-0.39, 0.29) is 0 Å². The molecule has 2 heteroatoms. The van der Waals surface area contributed by atoms with Crippen LogP contribution >= 0.6 is 0 Å². The molecule has 1 heterocycles. The van der Waals surface area contributed by atoms with E-state index in [0.29, 0.717) is 6.10 Å². The van der Waals surface area contributed by atoms with Crippen molar-refractivity contribution >= 4 is 8.32 Å². The van der Waals surface area contributed by atoms with E-state index in [9.17, 15) is 0 Å². The molecular weight excluding hydrogens is 284 g/mol. The van der Waals surface area contributed by atoms with Crippen LogP contribution in [0.5, 0.6) is 0 Å². The van der Waals surface area contributed by atoms with Crippen molar-refractivity contribution in [2.45, 2.75) is 128 Å². The van der Waals surface area contributed by atoms with Gasteiger partial charge in [0, 0.05) is 6.10 Å². The van der Waals surface area contributed by atoms with Gasteiger partial charge in [-0.25, -0.2) is 0 Å². The van der Waals surface area contributed by atoms with E-state index in [1.165, 1.54) is 102 Å². The van der Waals surface area contributed by atoms with Crippen molar-refractivity contribution in [3.63, 3.8) is 0 Å². The Morgan fingerprint density at radius 3 is 1.77 bits per heavy atom. The van der Waals surface area contributed by atoms with Crippen molar-refractivity contribution in [3.05, 3.63) is 0 Å². The highest BCUT2D eigenvalue weighted by Gasteiger charge is 2.34. The third kappa shape index (κ3) is 9.35. The van der Waals surface area contributed by atoms with Crippen LogP contribution in [0.3, 0.4) is 0 Å². The van der Waals surface area contributed by atoms with E-state index in [1.807, 2.05) is 0 Å². The molecule has 0 aromatic carbocycles. The average molecular weight is 327 g/mol. The van der Waals surface area contributed by atoms with Gasteiger partial charge in [0.2, 0.25) is 0 Å². The lowest BCUT2D eigenvalue weighted by Crippen LogP contribution is -2.35. The molecule has 1 rings (SSSR count). The zero-order valence-corrected chi connectivity index (χ0v) is 16.8. The Bertz CT molecular complexity index is 248. The van der Waals surface area contributed by atoms with Crippen LogP contribution in [0.25, 0.3) is 0 Å². The Kier molecular flexibility index (Phi) is 11.6. The molecule has 1 nitrogen and oxygen atoms in total. The predicted octanol–water partition coefficient (Wildman–Crippen LogP) is 7.46. The van der Waals surface area contributed by atoms with Gasteiger partial charge in [0.05, 0.1) is 0 Å². The minimum absolute atomic E-state index is 0.573. The SMILES string of the molecule is CCCCCCCCCCCCC(CC)O[Si]1(C)CCCC1. The molecule has 1 unspecified atom stereocenters. The highest BCUT2D eigenvalue weighted by atomic mass is 28.4. The standard InChI is InChI=1S/C20H42OSi/c1-4-6-7-8-9-10-11-12-13-14-17-20(5-2)21-22(3)18-15-16-19-22/h20H,4-19H2,1-3H3. The Morgan fingerprint density at radius 1 is 0.773 bits per heavy atom. The molecule has 1 aliphatic heterocycles. The van der Waals surface area contributed by atoms with Crippen molar-refractivity contribution in [1.29, 1.82) is 0 Å². The second-order valence-corrected chi connectivity index (χ2v) is 11.9. The first kappa shape index (κ1) is 20.2. The predicted molar refractivity (Wildman–Crippen MR) is 102 cm³/mol. The quantitative estimate of drug-likeness (QED) is 0.238. The minimum Gasteiger partial charge on any atom is -0.414 e. The largest absolute Gasteiger partial charge is 0.414 e. The second kappa shape index (κ2) is 12.6. The maximum atomic E-state index is 6.57. The van der Waals surface area contributed by atoms with E-state index in [1.54, 1.807) is 0 Å². The molecule has 0 bridgehead atoms. The summed E-state index contributed by atoms with van der Waals surface area (Å²) >= 11 is 0. The Hall–Kier alpha value is 0.177. The molecule has 1 aliphatic rings. The van der Waals surface area contributed by atoms with Gasteiger partial charge in [0.25, 0.3) is 0 Å². The van der Waals surface area contributed by atoms with E-state index in [4.69, 9.17) is 4.43 Å². The van der Waals surface area contributed by atoms with E-state index >= 15 is 0 Å². The van der Waals surface area contributed by atoms with Crippen molar-refractivity contribution in [2.24, 2.45) is 0 Å². The maximum absolute atomic E-state index is 6.57. The molecule has 0 amide bonds. The van der Waals surface area contributed by atoms with Crippen LogP contribution < -0.4 is 0 Å². The summed E-state index contributed by atoms with van der Waals surface area (Å²) in [6.07, 6.45) is 20.3. The van der Waals surface area contributed by atoms with E-state index in [0.717, 1.165) is 0 Å². The maximum Gasteiger partial charge on any atom is 0.190 e. The van der Waals surface area contributed by atoms with Crippen LogP contribution in [0.2, 0.25) is 18.6 Å². The zero-order valence-electron chi connectivity index (χ0n) is 15.8. The van der Waals surface area contributed by atoms with Crippen LogP contribution in [0.4, 0.5) is 0 Å². The molecule has 22 heavy (non-hydrogen) atoms. The highest BCUT2D eigenvalue weighted by Crippen LogP contribution is 2.33. The molecule has 1 atom stereocenters. The van der Waals surface area contributed by atoms with Gasteiger partial charge in [0.15, 0.2) is 8.32 Å². The Morgan fingerprint density at radius 2 is 1.27 bits per heavy atom. The first-order chi connectivity index (χ1) is 10.7. The molecule has 0 aliphatic carbocycles. The second-order valence-electron chi connectivity index (χ2n) is 7.78. The van der Waals surface area contributed by atoms with Crippen LogP contribution in [0, 0.1) is 0 Å². The summed E-state index contributed by atoms with van der Waals surface area (Å²) in [6, 6.07) is 2.84. The molecule has 0 aromatic rings. The van der Waals surface area contributed by atoms with Gasteiger partial charge in [-0.3, -0.25) is 0 Å². The fourth-order valence-electron chi connectivity index (χ4n) is 3.85. The molecule has 132 valence electrons. The monoisotopic (exact) mass is 326 g/mol. The molecule has 0 spiro atoms. The summed E-state index contributed by atoms with van der Waals surface area (Å²) in [7, 11) is -1.27. The van der Waals surface area contributed by atoms with Crippen LogP contribution in [0.15, 0.2) is 0 Å². The lowest BCUT2D eigenvalue weighted by molar-refractivity contribution is 0.172. The van der Waals surface area contributed by atoms with Gasteiger partial charge < -0.3 is 4.43 Å². The van der Waals surface area contributed by atoms with Crippen LogP contribution in [0.1, 0.15) is 104 Å². The first-order valence-corrected chi connectivity index (χ1v) is 13.2. The summed E-state index contributed by atoms with van der Waals surface area (Å²) in [4.78, 5) is 0. The van der Waals surface area contributed by atoms with E-state index < -0.39 is 8.32 Å². The zero-order chi connectivity index (χ0) is 16.1. The van der Waals surface area contributed by atoms with Crippen molar-refractivity contribution in [3.8, 4) is 0 Å². The average Bonchev–Trinajstić information content (AvgIpc) is 2.94. The molecule has 0 N–H and O–H groups in total. The third-order valence-electron chi connectivity index (χ3n) is 5.45. The van der Waals surface area contributed by atoms with Gasteiger partial charge in [-0.2, -0.15) is 0 Å². The number of hydrogen-bond acceptors (Lipinski definition) is 1. The van der Waals surface area contributed by atoms with Crippen molar-refractivity contribution < 1.29 is 4.43 Å². The molecule has 0 saturated carbocycles. The molecule has 0 aromatic heterocycles. The number of unbranched alkanes of at least 4 members (excludes halogenated alkanes) is 9. The lowest BCUT2D eigenvalue weighted by atomic mass is 10.0. The van der Waals surface area contributed by atoms with Gasteiger partial charge in [0.1, 0.15) is 0 Å². The van der Waals surface area contributed by atoms with Crippen molar-refractivity contribution in [2.75, 3.05) is 0 Å². The summed E-state index contributed by atoms with van der Waals surface area (Å²) in [5, 5.41) is 0. The normalized spacial score (nSPS) is 18.7. The third-order valence-corrected chi connectivity index (χ3v) is 9.17. The van der Waals surface area contributed by atoms with Gasteiger partial charge in [-0.15, -0.1) is 0 Å². The number of hydrogen-bond donors (Lipinski definition) is 0. The fraction of sp³-hybridized carbons (Fsp3) is 1.00. The topological polar surface area (TPSA) is 9.23 Å². The number of rotatable bonds is 14. The first-order valence-electron chi connectivity index (χ1n) is 10.4. The molecule has 1 fully saturated rings. The Labute approximate surface area is 141 Å². The molecular formula is C20H42OSi. The minimum atomic E-state index is -1.27. The van der Waals surface area contributed by atoms with Crippen LogP contribution in [-0.4, -0.2) is 14.4 Å². The smallest absolute Gasteiger partial charge is 0.190 e. The van der Waals surface area contributed by atoms with E-state index in [2.05, 4.69) is 20.4 Å². The highest BCUT2D eigenvalue weighted by molar-refractivity contribution is 6.73. The summed E-state index contributed by atoms with van der Waals surface area (Å²) in [5.41, 5.74) is 0.